The zero-order valence-electron chi connectivity index (χ0n) is 69.8. The maximum atomic E-state index is 7.05. The first-order valence-electron chi connectivity index (χ1n) is 42.7. The molecule has 0 heterocycles. The SMILES string of the molecule is CC(C)(C)C.CC1CCC2(CC1)CC(C)(C)CC(C)(C)C2.CC1CCC2(CC1)CCC(C)(C)CC2.CC1CCC2(CCCC2)CC1.CC1CCC2(CCCCC2)CC1.CCC12CC3CC(CC(C3)C1)C2.C[C@@H]1C2CCC(CC2)C1(C)C.[2H]C(C)(C)C.[2H]C([2H])(C)C(C)C. The third kappa shape index (κ3) is 27.0. The molecule has 0 aromatic rings. The summed E-state index contributed by atoms with van der Waals surface area (Å²) in [5.41, 5.74) is 6.98. The van der Waals surface area contributed by atoms with Gasteiger partial charge in [-0.15, -0.1) is 0 Å². The molecule has 0 nitrogen and oxygen atoms in total. The largest absolute Gasteiger partial charge is 0.0651 e. The van der Waals surface area contributed by atoms with Crippen molar-refractivity contribution in [3.05, 3.63) is 0 Å². The highest BCUT2D eigenvalue weighted by Gasteiger charge is 2.51. The van der Waals surface area contributed by atoms with Gasteiger partial charge in [0.05, 0.1) is 0 Å². The van der Waals surface area contributed by atoms with Crippen LogP contribution in [0.2, 0.25) is 0 Å². The molecule has 15 aliphatic carbocycles. The summed E-state index contributed by atoms with van der Waals surface area (Å²) in [7, 11) is 0. The summed E-state index contributed by atoms with van der Waals surface area (Å²) in [6.07, 6.45) is 64.6. The van der Waals surface area contributed by atoms with E-state index in [1.54, 1.807) is 96.8 Å². The highest BCUT2D eigenvalue weighted by atomic mass is 14.6. The van der Waals surface area contributed by atoms with E-state index in [-0.39, 0.29) is 11.8 Å². The van der Waals surface area contributed by atoms with Gasteiger partial charge in [0, 0.05) is 4.11 Å². The van der Waals surface area contributed by atoms with E-state index < -0.39 is 6.37 Å². The Hall–Kier alpha value is 0. The van der Waals surface area contributed by atoms with Gasteiger partial charge >= 0.3 is 0 Å². The van der Waals surface area contributed by atoms with Crippen LogP contribution in [0.5, 0.6) is 0 Å². The molecule has 4 spiro atoms. The van der Waals surface area contributed by atoms with Crippen LogP contribution >= 0.6 is 0 Å². The van der Waals surface area contributed by atoms with Gasteiger partial charge in [-0.2, -0.15) is 0 Å². The van der Waals surface area contributed by atoms with Crippen molar-refractivity contribution in [2.45, 2.75) is 449 Å². The standard InChI is InChI=1S/C16H30.C14H26.C12H20.C12H22.2C11H20.2C5H12.C4H10/c1-13-6-8-16(9-7-13)11-14(2,3)10-15(4,5)12-16;1-12-4-6-14(7-5-12)10-8-13(2,3)9-11-14;1-2-12-6-9-3-10(7-12)5-11(4-9)8-12;1-11-5-9-12(10-6-11)7-3-2-4-8-12;1-8-9-4-6-10(7-5-9)11(8,2)3;1-10-4-8-11(9-5-10)6-2-3-7-11;1-5(2,3)4;1-4-5(2)3;1-4(2)3/h13H,6-12H2,1-5H3;12H,4-11H2,1-3H3;9-11H,2-8H2,1H3;11H,2-10H2,1H3;8-10H,4-7H2,1-3H3;10H,2-9H2,1H3;1-4H3;5H,4H2,1-3H3;4H,1-3H3/t;;;;8-,9?,10?;;;;/m....1..../s1/i;;;;;;;4D2;4D. The van der Waals surface area contributed by atoms with E-state index in [4.69, 9.17) is 4.11 Å². The van der Waals surface area contributed by atoms with E-state index in [0.29, 0.717) is 32.5 Å². The molecule has 0 saturated heterocycles. The fourth-order valence-electron chi connectivity index (χ4n) is 22.8. The topological polar surface area (TPSA) is 0 Å². The molecular weight excluding hydrogens is 1080 g/mol. The summed E-state index contributed by atoms with van der Waals surface area (Å²) in [4.78, 5) is 0. The fourth-order valence-corrected chi connectivity index (χ4v) is 22.8. The fraction of sp³-hybridized carbons (Fsp3) is 1.00. The predicted molar refractivity (Wildman–Crippen MR) is 406 cm³/mol. The lowest BCUT2D eigenvalue weighted by Gasteiger charge is -2.56. The van der Waals surface area contributed by atoms with Crippen molar-refractivity contribution < 1.29 is 4.11 Å². The van der Waals surface area contributed by atoms with Gasteiger partial charge in [-0.05, 0) is 311 Å². The van der Waals surface area contributed by atoms with Gasteiger partial charge in [0.1, 0.15) is 0 Å². The van der Waals surface area contributed by atoms with E-state index >= 15 is 0 Å². The first-order valence-corrected chi connectivity index (χ1v) is 41.2. The molecule has 15 fully saturated rings. The lowest BCUT2D eigenvalue weighted by molar-refractivity contribution is -0.0545. The average Bonchev–Trinajstić information content (AvgIpc) is 1.04. The van der Waals surface area contributed by atoms with Crippen LogP contribution in [0.1, 0.15) is 453 Å². The van der Waals surface area contributed by atoms with Crippen LogP contribution in [0.4, 0.5) is 0 Å². The van der Waals surface area contributed by atoms with Gasteiger partial charge in [0.2, 0.25) is 0 Å². The van der Waals surface area contributed by atoms with Gasteiger partial charge in [0.15, 0.2) is 0 Å². The average molecular weight is 1260 g/mol. The number of rotatable bonds is 2. The summed E-state index contributed by atoms with van der Waals surface area (Å²) >= 11 is 0. The molecule has 15 rings (SSSR count). The van der Waals surface area contributed by atoms with Crippen molar-refractivity contribution in [2.75, 3.05) is 0 Å². The smallest absolute Gasteiger partial charge is 0.0294 e. The monoisotopic (exact) mass is 1260 g/mol. The van der Waals surface area contributed by atoms with Crippen molar-refractivity contribution in [3.8, 4) is 0 Å². The molecule has 0 radical (unpaired) electrons. The van der Waals surface area contributed by atoms with Crippen molar-refractivity contribution in [3.63, 3.8) is 0 Å². The lowest BCUT2D eigenvalue weighted by Crippen LogP contribution is -2.45. The second kappa shape index (κ2) is 35.2. The summed E-state index contributed by atoms with van der Waals surface area (Å²) in [6, 6.07) is 0. The van der Waals surface area contributed by atoms with Crippen molar-refractivity contribution in [1.82, 2.24) is 0 Å². The molecule has 15 aliphatic rings. The van der Waals surface area contributed by atoms with Crippen molar-refractivity contribution in [1.29, 1.82) is 0 Å². The predicted octanol–water partition coefficient (Wildman–Crippen LogP) is 31.0. The first-order chi connectivity index (χ1) is 42.7. The molecule has 0 aliphatic heterocycles. The Morgan fingerprint density at radius 2 is 0.678 bits per heavy atom. The van der Waals surface area contributed by atoms with E-state index in [9.17, 15) is 0 Å². The zero-order valence-corrected chi connectivity index (χ0v) is 66.8. The van der Waals surface area contributed by atoms with Crippen LogP contribution in [-0.2, 0) is 0 Å². The van der Waals surface area contributed by atoms with Crippen LogP contribution in [0, 0.1) is 125 Å². The van der Waals surface area contributed by atoms with Crippen molar-refractivity contribution in [2.24, 2.45) is 125 Å². The van der Waals surface area contributed by atoms with Crippen LogP contribution in [0.25, 0.3) is 0 Å². The zero-order chi connectivity index (χ0) is 69.8. The molecule has 532 valence electrons. The normalized spacial score (nSPS) is 35.0. The van der Waals surface area contributed by atoms with E-state index in [0.717, 1.165) is 80.8 Å². The van der Waals surface area contributed by atoms with Crippen LogP contribution < -0.4 is 0 Å². The Balaban J connectivity index is 0.000000194. The van der Waals surface area contributed by atoms with Gasteiger partial charge in [-0.1, -0.05) is 262 Å². The highest BCUT2D eigenvalue weighted by Crippen LogP contribution is 2.63. The Bertz CT molecular complexity index is 1950. The van der Waals surface area contributed by atoms with Gasteiger partial charge in [-0.25, -0.2) is 0 Å². The minimum absolute atomic E-state index is 0.132. The Morgan fingerprint density at radius 1 is 0.389 bits per heavy atom. The van der Waals surface area contributed by atoms with E-state index in [2.05, 4.69) is 125 Å². The minimum Gasteiger partial charge on any atom is -0.0651 e. The molecule has 90 heavy (non-hydrogen) atoms. The third-order valence-corrected chi connectivity index (χ3v) is 28.4. The molecule has 0 aromatic carbocycles. The number of fused-ring (bicyclic) bond motifs is 3. The Labute approximate surface area is 574 Å². The molecule has 0 aromatic heterocycles. The van der Waals surface area contributed by atoms with Crippen LogP contribution in [0.15, 0.2) is 0 Å². The first kappa shape index (κ1) is 75.8. The lowest BCUT2D eigenvalue weighted by atomic mass is 9.49. The summed E-state index contributed by atoms with van der Waals surface area (Å²) < 4.78 is 21.0. The Morgan fingerprint density at radius 3 is 0.944 bits per heavy atom. The number of hydrogen-bond donors (Lipinski definition) is 0. The summed E-state index contributed by atoms with van der Waals surface area (Å²) in [5.74, 6) is 10.5. The Kier molecular flexibility index (Phi) is 29.6. The van der Waals surface area contributed by atoms with Crippen LogP contribution in [0.3, 0.4) is 0 Å². The van der Waals surface area contributed by atoms with Gasteiger partial charge in [-0.3, -0.25) is 0 Å². The number of hydrogen-bond acceptors (Lipinski definition) is 0. The highest BCUT2D eigenvalue weighted by molar-refractivity contribution is 5.02. The van der Waals surface area contributed by atoms with Crippen molar-refractivity contribution >= 4 is 0 Å². The molecular formula is C90H172. The minimum atomic E-state index is -1.00. The summed E-state index contributed by atoms with van der Waals surface area (Å²) in [5, 5.41) is 0. The second-order valence-corrected chi connectivity index (χ2v) is 42.5. The molecule has 0 N–H and O–H groups in total. The van der Waals surface area contributed by atoms with E-state index in [1.165, 1.54) is 186 Å². The maximum absolute atomic E-state index is 7.05. The third-order valence-electron chi connectivity index (χ3n) is 28.4. The maximum Gasteiger partial charge on any atom is 0.0294 e. The molecule has 15 saturated carbocycles. The van der Waals surface area contributed by atoms with Gasteiger partial charge in [0.25, 0.3) is 0 Å². The molecule has 0 unspecified atom stereocenters. The molecule has 0 amide bonds. The second-order valence-electron chi connectivity index (χ2n) is 42.5. The van der Waals surface area contributed by atoms with E-state index in [1.807, 2.05) is 34.6 Å². The molecule has 1 atom stereocenters. The van der Waals surface area contributed by atoms with Gasteiger partial charge < -0.3 is 0 Å². The molecule has 0 heteroatoms. The summed E-state index contributed by atoms with van der Waals surface area (Å²) in [6.45, 7) is 54.1. The molecule has 6 bridgehead atoms. The quantitative estimate of drug-likeness (QED) is 0.259. The van der Waals surface area contributed by atoms with Crippen LogP contribution in [-0.4, -0.2) is 0 Å².